The second-order valence-corrected chi connectivity index (χ2v) is 11.2. The van der Waals surface area contributed by atoms with Crippen molar-refractivity contribution in [2.45, 2.75) is 37.0 Å². The first-order valence-corrected chi connectivity index (χ1v) is 13.1. The Morgan fingerprint density at radius 1 is 1.11 bits per heavy atom. The van der Waals surface area contributed by atoms with E-state index in [2.05, 4.69) is 5.10 Å². The molecular formula is C26H22F4N4O2S. The fourth-order valence-corrected chi connectivity index (χ4v) is 6.93. The summed E-state index contributed by atoms with van der Waals surface area (Å²) in [4.78, 5) is -1.01. The van der Waals surface area contributed by atoms with Crippen molar-refractivity contribution in [2.24, 2.45) is 5.92 Å². The molecule has 1 heterocycles. The molecule has 1 aromatic heterocycles. The Bertz CT molecular complexity index is 1560. The highest BCUT2D eigenvalue weighted by molar-refractivity contribution is 7.89. The lowest BCUT2D eigenvalue weighted by atomic mass is 9.80. The lowest BCUT2D eigenvalue weighted by molar-refractivity contribution is 0.380. The van der Waals surface area contributed by atoms with Gasteiger partial charge in [-0.1, -0.05) is 18.1 Å². The Kier molecular flexibility index (Phi) is 6.41. The molecule has 0 N–H and O–H groups in total. The number of fused-ring (bicyclic) bond motifs is 1. The molecule has 0 spiro atoms. The summed E-state index contributed by atoms with van der Waals surface area (Å²) >= 11 is 0. The molecule has 0 fully saturated rings. The maximum atomic E-state index is 14.4. The quantitative estimate of drug-likeness (QED) is 0.194. The van der Waals surface area contributed by atoms with Crippen molar-refractivity contribution >= 4 is 10.0 Å². The van der Waals surface area contributed by atoms with Crippen LogP contribution in [0, 0.1) is 40.5 Å². The topological polar surface area (TPSA) is 79.0 Å². The number of allylic oxidation sites excluding steroid dienone is 1. The van der Waals surface area contributed by atoms with E-state index in [4.69, 9.17) is 0 Å². The SMILES string of the molecule is C[C@@H]1C2=C(CC[C@@H]2CN(CC#N)S(=O)(=O)c2cc(F)c(F)cc2F)Cc2c1cnn2-c1ccc(F)cc1. The van der Waals surface area contributed by atoms with Gasteiger partial charge in [0.15, 0.2) is 11.6 Å². The largest absolute Gasteiger partial charge is 0.247 e. The van der Waals surface area contributed by atoms with Gasteiger partial charge in [-0.05, 0) is 49.1 Å². The Morgan fingerprint density at radius 3 is 2.51 bits per heavy atom. The van der Waals surface area contributed by atoms with Crippen LogP contribution in [0.25, 0.3) is 5.69 Å². The Balaban J connectivity index is 1.45. The third-order valence-corrected chi connectivity index (χ3v) is 9.02. The van der Waals surface area contributed by atoms with Gasteiger partial charge < -0.3 is 0 Å². The van der Waals surface area contributed by atoms with Crippen LogP contribution < -0.4 is 0 Å². The van der Waals surface area contributed by atoms with E-state index in [0.29, 0.717) is 25.3 Å². The van der Waals surface area contributed by atoms with Gasteiger partial charge in [0.2, 0.25) is 10.0 Å². The highest BCUT2D eigenvalue weighted by atomic mass is 32.2. The standard InChI is InChI=1S/C26H22F4N4O2S/c1-15-20-13-32-34(19-6-4-18(27)5-7-19)24(20)10-16-2-3-17(26(15)16)14-33(9-8-31)37(35,36)25-12-22(29)21(28)11-23(25)30/h4-7,11-13,15,17H,2-3,9-10,14H2,1H3/t15-,17+/m0/s1. The summed E-state index contributed by atoms with van der Waals surface area (Å²) in [5.41, 5.74) is 4.87. The van der Waals surface area contributed by atoms with E-state index in [1.807, 2.05) is 6.92 Å². The number of benzene rings is 2. The van der Waals surface area contributed by atoms with Crippen molar-refractivity contribution in [1.82, 2.24) is 14.1 Å². The molecule has 0 saturated heterocycles. The number of nitrogens with zero attached hydrogens (tertiary/aromatic N) is 4. The highest BCUT2D eigenvalue weighted by Gasteiger charge is 2.39. The molecule has 2 aliphatic rings. The molecule has 5 rings (SSSR count). The molecule has 0 bridgehead atoms. The molecule has 2 aromatic carbocycles. The predicted octanol–water partition coefficient (Wildman–Crippen LogP) is 5.01. The summed E-state index contributed by atoms with van der Waals surface area (Å²) in [6.45, 7) is 1.33. The number of halogens is 4. The van der Waals surface area contributed by atoms with Crippen LogP contribution >= 0.6 is 0 Å². The van der Waals surface area contributed by atoms with E-state index in [1.54, 1.807) is 29.1 Å². The molecule has 6 nitrogen and oxygen atoms in total. The Hall–Kier alpha value is -3.49. The zero-order chi connectivity index (χ0) is 26.5. The third kappa shape index (κ3) is 4.34. The molecule has 0 amide bonds. The van der Waals surface area contributed by atoms with Gasteiger partial charge in [0.25, 0.3) is 0 Å². The van der Waals surface area contributed by atoms with E-state index in [1.165, 1.54) is 12.1 Å². The molecule has 192 valence electrons. The van der Waals surface area contributed by atoms with Crippen molar-refractivity contribution < 1.29 is 26.0 Å². The van der Waals surface area contributed by atoms with Crippen LogP contribution in [0.5, 0.6) is 0 Å². The molecule has 2 atom stereocenters. The first kappa shape index (κ1) is 25.2. The van der Waals surface area contributed by atoms with Gasteiger partial charge in [-0.2, -0.15) is 14.7 Å². The molecular weight excluding hydrogens is 508 g/mol. The predicted molar refractivity (Wildman–Crippen MR) is 126 cm³/mol. The second-order valence-electron chi connectivity index (χ2n) is 9.28. The van der Waals surface area contributed by atoms with Gasteiger partial charge >= 0.3 is 0 Å². The minimum atomic E-state index is -4.61. The summed E-state index contributed by atoms with van der Waals surface area (Å²) in [6, 6.07) is 8.32. The first-order chi connectivity index (χ1) is 17.6. The first-order valence-electron chi connectivity index (χ1n) is 11.7. The smallest absolute Gasteiger partial charge is 0.237 e. The molecule has 0 saturated carbocycles. The van der Waals surface area contributed by atoms with Gasteiger partial charge in [-0.15, -0.1) is 0 Å². The summed E-state index contributed by atoms with van der Waals surface area (Å²) < 4.78 is 84.0. The van der Waals surface area contributed by atoms with Crippen LogP contribution in [0.2, 0.25) is 0 Å². The Labute approximate surface area is 211 Å². The summed E-state index contributed by atoms with van der Waals surface area (Å²) in [6.07, 6.45) is 3.67. The minimum absolute atomic E-state index is 0.0907. The number of rotatable bonds is 6. The number of sulfonamides is 1. The van der Waals surface area contributed by atoms with Crippen LogP contribution in [0.15, 0.2) is 58.6 Å². The summed E-state index contributed by atoms with van der Waals surface area (Å²) in [5, 5.41) is 13.8. The average molecular weight is 531 g/mol. The van der Waals surface area contributed by atoms with Crippen molar-refractivity contribution in [3.05, 3.63) is 88.3 Å². The van der Waals surface area contributed by atoms with E-state index >= 15 is 0 Å². The van der Waals surface area contributed by atoms with Gasteiger partial charge in [-0.3, -0.25) is 0 Å². The van der Waals surface area contributed by atoms with Crippen LogP contribution in [0.4, 0.5) is 17.6 Å². The average Bonchev–Trinajstić information content (AvgIpc) is 3.46. The molecule has 0 aliphatic heterocycles. The van der Waals surface area contributed by atoms with Crippen molar-refractivity contribution in [3.8, 4) is 11.8 Å². The molecule has 0 unspecified atom stereocenters. The monoisotopic (exact) mass is 530 g/mol. The second kappa shape index (κ2) is 9.43. The maximum absolute atomic E-state index is 14.4. The minimum Gasteiger partial charge on any atom is -0.237 e. The van der Waals surface area contributed by atoms with Crippen molar-refractivity contribution in [1.29, 1.82) is 5.26 Å². The molecule has 11 heteroatoms. The molecule has 2 aliphatic carbocycles. The normalized spacial score (nSPS) is 19.2. The van der Waals surface area contributed by atoms with E-state index in [-0.39, 0.29) is 30.3 Å². The Morgan fingerprint density at radius 2 is 1.81 bits per heavy atom. The van der Waals surface area contributed by atoms with Gasteiger partial charge in [0.05, 0.1) is 23.6 Å². The molecule has 37 heavy (non-hydrogen) atoms. The molecule has 3 aromatic rings. The summed E-state index contributed by atoms with van der Waals surface area (Å²) in [5.74, 6) is -5.09. The van der Waals surface area contributed by atoms with E-state index in [0.717, 1.165) is 32.4 Å². The lowest BCUT2D eigenvalue weighted by Gasteiger charge is -2.30. The van der Waals surface area contributed by atoms with Gasteiger partial charge in [0, 0.05) is 30.5 Å². The van der Waals surface area contributed by atoms with Gasteiger partial charge in [-0.25, -0.2) is 30.7 Å². The van der Waals surface area contributed by atoms with Crippen molar-refractivity contribution in [3.63, 3.8) is 0 Å². The number of hydrogen-bond donors (Lipinski definition) is 0. The van der Waals surface area contributed by atoms with Crippen LogP contribution in [-0.2, 0) is 16.4 Å². The molecule has 0 radical (unpaired) electrons. The van der Waals surface area contributed by atoms with Crippen molar-refractivity contribution in [2.75, 3.05) is 13.1 Å². The summed E-state index contributed by atoms with van der Waals surface area (Å²) in [7, 11) is -4.61. The number of hydrogen-bond acceptors (Lipinski definition) is 4. The van der Waals surface area contributed by atoms with Crippen LogP contribution in [0.1, 0.15) is 36.9 Å². The lowest BCUT2D eigenvalue weighted by Crippen LogP contribution is -2.37. The van der Waals surface area contributed by atoms with E-state index in [9.17, 15) is 31.2 Å². The maximum Gasteiger partial charge on any atom is 0.247 e. The number of nitriles is 1. The van der Waals surface area contributed by atoms with Gasteiger partial charge in [0.1, 0.15) is 23.1 Å². The fourth-order valence-electron chi connectivity index (χ4n) is 5.49. The van der Waals surface area contributed by atoms with E-state index < -0.39 is 38.9 Å². The highest BCUT2D eigenvalue weighted by Crippen LogP contribution is 2.47. The zero-order valence-corrected chi connectivity index (χ0v) is 20.6. The third-order valence-electron chi connectivity index (χ3n) is 7.19. The van der Waals surface area contributed by atoms with Crippen LogP contribution in [-0.4, -0.2) is 35.6 Å². The fraction of sp³-hybridized carbons (Fsp3) is 0.308. The zero-order valence-electron chi connectivity index (χ0n) is 19.8. The number of aromatic nitrogens is 2. The van der Waals surface area contributed by atoms with Crippen LogP contribution in [0.3, 0.4) is 0 Å².